The van der Waals surface area contributed by atoms with Crippen LogP contribution in [0.25, 0.3) is 0 Å². The van der Waals surface area contributed by atoms with Crippen LogP contribution in [0, 0.1) is 0 Å². The van der Waals surface area contributed by atoms with Gasteiger partial charge in [-0.3, -0.25) is 37.3 Å². The predicted octanol–water partition coefficient (Wildman–Crippen LogP) is 21.9. The molecule has 0 aliphatic heterocycles. The molecule has 5 unspecified atom stereocenters. The first-order chi connectivity index (χ1) is 48.7. The lowest BCUT2D eigenvalue weighted by Crippen LogP contribution is -2.30. The molecule has 19 heteroatoms. The summed E-state index contributed by atoms with van der Waals surface area (Å²) in [6.07, 6.45) is 81.4. The molecule has 0 amide bonds. The zero-order valence-corrected chi connectivity index (χ0v) is 63.9. The number of allylic oxidation sites excluding steroid dienone is 24. The van der Waals surface area contributed by atoms with Crippen LogP contribution in [0.1, 0.15) is 285 Å². The minimum absolute atomic E-state index is 0.0355. The molecule has 0 spiro atoms. The molecule has 0 fully saturated rings. The summed E-state index contributed by atoms with van der Waals surface area (Å²) in [6, 6.07) is 0. The van der Waals surface area contributed by atoms with Crippen molar-refractivity contribution in [2.75, 3.05) is 39.6 Å². The number of hydrogen-bond acceptors (Lipinski definition) is 15. The number of aliphatic hydroxyl groups is 1. The molecule has 0 saturated carbocycles. The molecule has 0 aromatic heterocycles. The minimum Gasteiger partial charge on any atom is -0.462 e. The molecule has 0 bridgehead atoms. The van der Waals surface area contributed by atoms with E-state index in [0.717, 1.165) is 154 Å². The van der Waals surface area contributed by atoms with E-state index in [1.165, 1.54) is 38.5 Å². The minimum atomic E-state index is -4.99. The van der Waals surface area contributed by atoms with Gasteiger partial charge in [0.05, 0.1) is 26.4 Å². The van der Waals surface area contributed by atoms with Crippen LogP contribution in [-0.4, -0.2) is 96.7 Å². The van der Waals surface area contributed by atoms with E-state index in [4.69, 9.17) is 37.0 Å². The second-order valence-corrected chi connectivity index (χ2v) is 27.7. The van der Waals surface area contributed by atoms with Crippen LogP contribution in [0.15, 0.2) is 146 Å². The highest BCUT2D eigenvalue weighted by molar-refractivity contribution is 7.47. The number of carbonyl (C=O) groups is 4. The van der Waals surface area contributed by atoms with E-state index >= 15 is 0 Å². The van der Waals surface area contributed by atoms with Crippen molar-refractivity contribution in [1.82, 2.24) is 0 Å². The molecule has 5 atom stereocenters. The summed E-state index contributed by atoms with van der Waals surface area (Å²) in [5, 5.41) is 10.6. The van der Waals surface area contributed by atoms with Crippen molar-refractivity contribution in [3.05, 3.63) is 146 Å². The van der Waals surface area contributed by atoms with E-state index in [0.29, 0.717) is 38.5 Å². The Hall–Kier alpha value is -5.06. The fourth-order valence-electron chi connectivity index (χ4n) is 9.61. The number of ether oxygens (including phenoxy) is 4. The average Bonchev–Trinajstić information content (AvgIpc) is 0.989. The van der Waals surface area contributed by atoms with Crippen molar-refractivity contribution in [1.29, 1.82) is 0 Å². The van der Waals surface area contributed by atoms with Crippen molar-refractivity contribution in [3.8, 4) is 0 Å². The number of hydrogen-bond donors (Lipinski definition) is 3. The Morgan fingerprint density at radius 2 is 0.530 bits per heavy atom. The lowest BCUT2D eigenvalue weighted by atomic mass is 10.1. The Bertz CT molecular complexity index is 2470. The Labute approximate surface area is 605 Å². The van der Waals surface area contributed by atoms with E-state index in [2.05, 4.69) is 161 Å². The maximum atomic E-state index is 13.1. The van der Waals surface area contributed by atoms with E-state index in [9.17, 15) is 43.2 Å². The van der Waals surface area contributed by atoms with Crippen LogP contribution >= 0.6 is 15.6 Å². The van der Waals surface area contributed by atoms with Crippen LogP contribution in [0.3, 0.4) is 0 Å². The molecule has 0 aliphatic rings. The Morgan fingerprint density at radius 1 is 0.290 bits per heavy atom. The van der Waals surface area contributed by atoms with E-state index in [-0.39, 0.29) is 25.7 Å². The first kappa shape index (κ1) is 94.9. The Kier molecular flexibility index (Phi) is 68.6. The second kappa shape index (κ2) is 72.3. The molecule has 570 valence electrons. The number of rotatable bonds is 70. The fraction of sp³-hybridized carbons (Fsp3) is 0.654. The van der Waals surface area contributed by atoms with Gasteiger partial charge in [0.1, 0.15) is 19.3 Å². The van der Waals surface area contributed by atoms with Gasteiger partial charge >= 0.3 is 39.5 Å². The molecular formula is C81H134O17P2. The van der Waals surface area contributed by atoms with Gasteiger partial charge in [-0.2, -0.15) is 0 Å². The Balaban J connectivity index is 5.42. The number of phosphoric acid groups is 2. The summed E-state index contributed by atoms with van der Waals surface area (Å²) < 4.78 is 68.3. The molecular weight excluding hydrogens is 1310 g/mol. The van der Waals surface area contributed by atoms with Crippen LogP contribution in [0.4, 0.5) is 0 Å². The summed E-state index contributed by atoms with van der Waals surface area (Å²) in [6.45, 7) is 4.39. The maximum absolute atomic E-state index is 13.1. The molecule has 0 saturated heterocycles. The van der Waals surface area contributed by atoms with E-state index in [1.54, 1.807) is 0 Å². The fourth-order valence-corrected chi connectivity index (χ4v) is 11.2. The normalized spacial score (nSPS) is 14.8. The number of unbranched alkanes of at least 4 members (excludes halogenated alkanes) is 20. The summed E-state index contributed by atoms with van der Waals surface area (Å²) in [7, 11) is -9.99. The SMILES string of the molecule is CC/C=C\C/C=C\C/C=C\C/C=C\C/C=C\CCCC(=O)OCC(COP(=O)(O)OCC(O)COP(=O)(O)OCC(COC(=O)CCCCCCCCC/C=C\C/C=C\C/C=C\CC)OC(=O)CCCC/C=C\C/C=C\C/C=C\C/C=C\CC)OC(=O)CCCCCCCCCCCCC. The lowest BCUT2D eigenvalue weighted by Gasteiger charge is -2.21. The Morgan fingerprint density at radius 3 is 0.860 bits per heavy atom. The zero-order valence-electron chi connectivity index (χ0n) is 62.1. The molecule has 3 N–H and O–H groups in total. The smallest absolute Gasteiger partial charge is 0.462 e. The van der Waals surface area contributed by atoms with Crippen LogP contribution < -0.4 is 0 Å². The van der Waals surface area contributed by atoms with Gasteiger partial charge < -0.3 is 33.8 Å². The molecule has 0 aliphatic carbocycles. The van der Waals surface area contributed by atoms with Crippen LogP contribution in [-0.2, 0) is 65.4 Å². The standard InChI is InChI=1S/C81H134O17P2/c1-5-9-13-17-21-25-29-32-35-37-40-42-46-49-53-57-61-65-78(83)91-71-76(97-80(85)67-63-59-55-51-45-28-24-20-16-12-8-4)73-95-99(87,88)93-69-75(82)70-94-100(89,90)96-74-77(98-81(86)68-64-60-56-52-48-44-39-34-31-27-23-19-15-11-7-3)72-92-79(84)66-62-58-54-50-47-43-41-38-36-33-30-26-22-18-14-10-6-2/h9-11,13-15,21-23,25-27,32-36,39-40,42,48-49,52-53,75-77,82H,5-8,12,16-20,24,28-31,37-38,41,43-47,50-51,54-74H2,1-4H3,(H,87,88)(H,89,90)/b13-9-,14-10-,15-11-,25-21-,26-22-,27-23-,35-32-,36-33-,39-34-,42-40-,52-48-,53-49-. The van der Waals surface area contributed by atoms with E-state index in [1.807, 2.05) is 12.2 Å². The molecule has 0 radical (unpaired) electrons. The van der Waals surface area contributed by atoms with Gasteiger partial charge in [-0.05, 0) is 135 Å². The topological polar surface area (TPSA) is 237 Å². The first-order valence-corrected chi connectivity index (χ1v) is 41.1. The van der Waals surface area contributed by atoms with Gasteiger partial charge in [-0.25, -0.2) is 9.13 Å². The van der Waals surface area contributed by atoms with Crippen LogP contribution in [0.2, 0.25) is 0 Å². The van der Waals surface area contributed by atoms with Crippen molar-refractivity contribution in [2.45, 2.75) is 303 Å². The number of esters is 4. The van der Waals surface area contributed by atoms with E-state index < -0.39 is 97.5 Å². The number of aliphatic hydroxyl groups excluding tert-OH is 1. The third kappa shape index (κ3) is 71.3. The first-order valence-electron chi connectivity index (χ1n) is 38.1. The summed E-state index contributed by atoms with van der Waals surface area (Å²) in [5.74, 6) is -2.31. The maximum Gasteiger partial charge on any atom is 0.472 e. The molecule has 0 aromatic carbocycles. The second-order valence-electron chi connectivity index (χ2n) is 24.8. The van der Waals surface area contributed by atoms with Gasteiger partial charge in [0.25, 0.3) is 0 Å². The monoisotopic (exact) mass is 1440 g/mol. The van der Waals surface area contributed by atoms with Crippen molar-refractivity contribution < 1.29 is 80.2 Å². The van der Waals surface area contributed by atoms with Gasteiger partial charge in [0.2, 0.25) is 0 Å². The molecule has 100 heavy (non-hydrogen) atoms. The number of phosphoric ester groups is 2. The zero-order chi connectivity index (χ0) is 73.2. The van der Waals surface area contributed by atoms with Crippen molar-refractivity contribution in [2.24, 2.45) is 0 Å². The highest BCUT2D eigenvalue weighted by Gasteiger charge is 2.30. The third-order valence-electron chi connectivity index (χ3n) is 15.3. The summed E-state index contributed by atoms with van der Waals surface area (Å²) in [4.78, 5) is 72.8. The summed E-state index contributed by atoms with van der Waals surface area (Å²) >= 11 is 0. The van der Waals surface area contributed by atoms with Gasteiger partial charge in [0, 0.05) is 25.7 Å². The molecule has 0 aromatic rings. The van der Waals surface area contributed by atoms with Gasteiger partial charge in [-0.1, -0.05) is 270 Å². The van der Waals surface area contributed by atoms with Crippen molar-refractivity contribution in [3.63, 3.8) is 0 Å². The molecule has 0 heterocycles. The molecule has 0 rings (SSSR count). The average molecular weight is 1440 g/mol. The molecule has 17 nitrogen and oxygen atoms in total. The highest BCUT2D eigenvalue weighted by atomic mass is 31.2. The van der Waals surface area contributed by atoms with Gasteiger partial charge in [-0.15, -0.1) is 0 Å². The number of carbonyl (C=O) groups excluding carboxylic acids is 4. The largest absolute Gasteiger partial charge is 0.472 e. The summed E-state index contributed by atoms with van der Waals surface area (Å²) in [5.41, 5.74) is 0. The third-order valence-corrected chi connectivity index (χ3v) is 17.2. The lowest BCUT2D eigenvalue weighted by molar-refractivity contribution is -0.161. The van der Waals surface area contributed by atoms with Crippen LogP contribution in [0.5, 0.6) is 0 Å². The van der Waals surface area contributed by atoms with Crippen molar-refractivity contribution >= 4 is 39.5 Å². The quantitative estimate of drug-likeness (QED) is 0.0169. The van der Waals surface area contributed by atoms with Gasteiger partial charge in [0.15, 0.2) is 12.2 Å². The predicted molar refractivity (Wildman–Crippen MR) is 408 cm³/mol. The highest BCUT2D eigenvalue weighted by Crippen LogP contribution is 2.45.